The van der Waals surface area contributed by atoms with E-state index >= 15 is 0 Å². The van der Waals surface area contributed by atoms with Gasteiger partial charge in [-0.15, -0.1) is 10.2 Å². The number of rotatable bonds is 9. The minimum atomic E-state index is -0.437. The Kier molecular flexibility index (Phi) is 7.39. The molecule has 0 aliphatic carbocycles. The zero-order chi connectivity index (χ0) is 22.6. The maximum absolute atomic E-state index is 11.4. The van der Waals surface area contributed by atoms with Crippen molar-refractivity contribution in [2.24, 2.45) is 0 Å². The first-order valence-electron chi connectivity index (χ1n) is 10.7. The molecular formula is C21H30BClN4O4. The molecule has 8 nitrogen and oxygen atoms in total. The van der Waals surface area contributed by atoms with Gasteiger partial charge in [0.25, 0.3) is 0 Å². The monoisotopic (exact) mass is 448 g/mol. The Hall–Kier alpha value is -1.97. The van der Waals surface area contributed by atoms with Crippen LogP contribution < -0.4 is 5.46 Å². The Bertz CT molecular complexity index is 903. The maximum atomic E-state index is 11.4. The third-order valence-corrected chi connectivity index (χ3v) is 6.11. The van der Waals surface area contributed by atoms with Gasteiger partial charge in [-0.2, -0.15) is 4.80 Å². The van der Waals surface area contributed by atoms with Crippen molar-refractivity contribution in [1.29, 1.82) is 0 Å². The van der Waals surface area contributed by atoms with Crippen LogP contribution in [0, 0.1) is 0 Å². The van der Waals surface area contributed by atoms with E-state index in [0.29, 0.717) is 49.7 Å². The number of carbonyl (C=O) groups excluding carboxylic acids is 1. The fourth-order valence-electron chi connectivity index (χ4n) is 3.21. The van der Waals surface area contributed by atoms with Crippen LogP contribution in [0.1, 0.15) is 58.8 Å². The summed E-state index contributed by atoms with van der Waals surface area (Å²) in [5, 5.41) is 13.2. The van der Waals surface area contributed by atoms with E-state index in [2.05, 4.69) is 15.4 Å². The van der Waals surface area contributed by atoms with Gasteiger partial charge in [0.1, 0.15) is 0 Å². The molecule has 0 saturated carbocycles. The van der Waals surface area contributed by atoms with Gasteiger partial charge in [-0.1, -0.05) is 23.7 Å². The van der Waals surface area contributed by atoms with Gasteiger partial charge in [0.05, 0.1) is 24.4 Å². The number of aromatic nitrogens is 4. The van der Waals surface area contributed by atoms with E-state index in [0.717, 1.165) is 11.0 Å². The second-order valence-electron chi connectivity index (χ2n) is 8.65. The summed E-state index contributed by atoms with van der Waals surface area (Å²) in [5.74, 6) is 0.434. The Morgan fingerprint density at radius 3 is 2.55 bits per heavy atom. The Labute approximate surface area is 188 Å². The van der Waals surface area contributed by atoms with Gasteiger partial charge in [-0.05, 0) is 69.8 Å². The van der Waals surface area contributed by atoms with Gasteiger partial charge in [-0.3, -0.25) is 4.79 Å². The number of ether oxygens (including phenoxy) is 1. The molecule has 3 rings (SSSR count). The molecular weight excluding hydrogens is 419 g/mol. The highest BCUT2D eigenvalue weighted by Crippen LogP contribution is 2.36. The Morgan fingerprint density at radius 1 is 1.19 bits per heavy atom. The van der Waals surface area contributed by atoms with Crippen molar-refractivity contribution >= 4 is 30.2 Å². The van der Waals surface area contributed by atoms with Crippen LogP contribution in [0.25, 0.3) is 0 Å². The van der Waals surface area contributed by atoms with Crippen molar-refractivity contribution in [2.45, 2.75) is 78.0 Å². The van der Waals surface area contributed by atoms with Crippen LogP contribution in [0.4, 0.5) is 0 Å². The largest absolute Gasteiger partial charge is 0.494 e. The SMILES string of the molecule is CCOC(=O)CCCn1nnc(CCc2ccc(B3OC(C)(C)C(C)(C)O3)cc2Cl)n1. The van der Waals surface area contributed by atoms with Crippen molar-refractivity contribution in [3.8, 4) is 0 Å². The molecule has 168 valence electrons. The first kappa shape index (κ1) is 23.7. The van der Waals surface area contributed by atoms with Crippen LogP contribution in [0.15, 0.2) is 18.2 Å². The first-order valence-corrected chi connectivity index (χ1v) is 11.1. The third kappa shape index (κ3) is 5.84. The Morgan fingerprint density at radius 2 is 1.90 bits per heavy atom. The number of tetrazole rings is 1. The van der Waals surface area contributed by atoms with E-state index in [1.54, 1.807) is 6.92 Å². The molecule has 0 unspecified atom stereocenters. The smallest absolute Gasteiger partial charge is 0.466 e. The molecule has 1 saturated heterocycles. The van der Waals surface area contributed by atoms with Crippen molar-refractivity contribution in [3.05, 3.63) is 34.6 Å². The third-order valence-electron chi connectivity index (χ3n) is 5.76. The van der Waals surface area contributed by atoms with Crippen molar-refractivity contribution in [3.63, 3.8) is 0 Å². The lowest BCUT2D eigenvalue weighted by atomic mass is 9.78. The van der Waals surface area contributed by atoms with E-state index in [9.17, 15) is 4.79 Å². The van der Waals surface area contributed by atoms with Crippen molar-refractivity contribution in [1.82, 2.24) is 20.2 Å². The Balaban J connectivity index is 1.53. The van der Waals surface area contributed by atoms with Crippen molar-refractivity contribution in [2.75, 3.05) is 6.61 Å². The lowest BCUT2D eigenvalue weighted by Gasteiger charge is -2.32. The molecule has 0 bridgehead atoms. The van der Waals surface area contributed by atoms with Crippen LogP contribution in [-0.4, -0.2) is 51.1 Å². The molecule has 0 spiro atoms. The number of esters is 1. The molecule has 0 radical (unpaired) electrons. The number of hydrogen-bond donors (Lipinski definition) is 0. The minimum absolute atomic E-state index is 0.207. The topological polar surface area (TPSA) is 88.4 Å². The van der Waals surface area contributed by atoms with E-state index in [-0.39, 0.29) is 5.97 Å². The number of halogens is 1. The van der Waals surface area contributed by atoms with Gasteiger partial charge >= 0.3 is 13.1 Å². The number of hydrogen-bond acceptors (Lipinski definition) is 7. The quantitative estimate of drug-likeness (QED) is 0.430. The number of benzene rings is 1. The second kappa shape index (κ2) is 9.67. The molecule has 1 aromatic heterocycles. The van der Waals surface area contributed by atoms with E-state index < -0.39 is 18.3 Å². The highest BCUT2D eigenvalue weighted by molar-refractivity contribution is 6.62. The molecule has 1 aromatic carbocycles. The molecule has 1 aliphatic heterocycles. The fourth-order valence-corrected chi connectivity index (χ4v) is 3.49. The first-order chi connectivity index (χ1) is 14.6. The molecule has 2 heterocycles. The van der Waals surface area contributed by atoms with Crippen LogP contribution in [0.5, 0.6) is 0 Å². The zero-order valence-corrected chi connectivity index (χ0v) is 19.6. The average Bonchev–Trinajstić information content (AvgIpc) is 3.22. The summed E-state index contributed by atoms with van der Waals surface area (Å²) < 4.78 is 17.1. The minimum Gasteiger partial charge on any atom is -0.466 e. The van der Waals surface area contributed by atoms with Crippen LogP contribution in [0.3, 0.4) is 0 Å². The summed E-state index contributed by atoms with van der Waals surface area (Å²) >= 11 is 6.53. The molecule has 0 N–H and O–H groups in total. The molecule has 2 aromatic rings. The summed E-state index contributed by atoms with van der Waals surface area (Å²) in [6.07, 6.45) is 2.26. The number of aryl methyl sites for hydroxylation is 3. The van der Waals surface area contributed by atoms with Crippen LogP contribution in [-0.2, 0) is 38.2 Å². The highest BCUT2D eigenvalue weighted by atomic mass is 35.5. The lowest BCUT2D eigenvalue weighted by Crippen LogP contribution is -2.41. The number of nitrogens with zero attached hydrogens (tertiary/aromatic N) is 4. The summed E-state index contributed by atoms with van der Waals surface area (Å²) in [7, 11) is -0.437. The predicted octanol–water partition coefficient (Wildman–Crippen LogP) is 2.75. The van der Waals surface area contributed by atoms with Gasteiger partial charge in [0.15, 0.2) is 5.82 Å². The zero-order valence-electron chi connectivity index (χ0n) is 18.9. The van der Waals surface area contributed by atoms with Gasteiger partial charge in [0.2, 0.25) is 0 Å². The average molecular weight is 449 g/mol. The standard InChI is InChI=1S/C21H30BClN4O4/c1-6-29-19(28)8-7-13-27-25-18(24-26-27)12-10-15-9-11-16(14-17(15)23)22-30-20(2,3)21(4,5)31-22/h9,11,14H,6-8,10,12-13H2,1-5H3. The molecule has 10 heteroatoms. The van der Waals surface area contributed by atoms with Gasteiger partial charge in [-0.25, -0.2) is 0 Å². The predicted molar refractivity (Wildman–Crippen MR) is 118 cm³/mol. The van der Waals surface area contributed by atoms with Crippen LogP contribution in [0.2, 0.25) is 5.02 Å². The molecule has 0 amide bonds. The van der Waals surface area contributed by atoms with Gasteiger partial charge < -0.3 is 14.0 Å². The molecule has 0 atom stereocenters. The maximum Gasteiger partial charge on any atom is 0.494 e. The lowest BCUT2D eigenvalue weighted by molar-refractivity contribution is -0.143. The fraction of sp³-hybridized carbons (Fsp3) is 0.619. The normalized spacial score (nSPS) is 17.2. The molecule has 31 heavy (non-hydrogen) atoms. The van der Waals surface area contributed by atoms with E-state index in [1.165, 1.54) is 4.80 Å². The van der Waals surface area contributed by atoms with Crippen molar-refractivity contribution < 1.29 is 18.8 Å². The highest BCUT2D eigenvalue weighted by Gasteiger charge is 2.51. The second-order valence-corrected chi connectivity index (χ2v) is 9.06. The van der Waals surface area contributed by atoms with E-state index in [4.69, 9.17) is 25.6 Å². The summed E-state index contributed by atoms with van der Waals surface area (Å²) in [6.45, 7) is 10.8. The van der Waals surface area contributed by atoms with E-state index in [1.807, 2.05) is 45.9 Å². The van der Waals surface area contributed by atoms with Crippen LogP contribution >= 0.6 is 11.6 Å². The molecule has 1 aliphatic rings. The summed E-state index contributed by atoms with van der Waals surface area (Å²) in [4.78, 5) is 12.9. The summed E-state index contributed by atoms with van der Waals surface area (Å²) in [6, 6.07) is 5.88. The van der Waals surface area contributed by atoms with Gasteiger partial charge in [0, 0.05) is 17.9 Å². The molecule has 1 fully saturated rings. The summed E-state index contributed by atoms with van der Waals surface area (Å²) in [5.41, 5.74) is 1.12. The number of carbonyl (C=O) groups is 1.